The van der Waals surface area contributed by atoms with E-state index in [0.717, 1.165) is 0 Å². The second-order valence-corrected chi connectivity index (χ2v) is 5.15. The second-order valence-electron chi connectivity index (χ2n) is 5.15. The van der Waals surface area contributed by atoms with Crippen LogP contribution in [0.15, 0.2) is 0 Å². The third kappa shape index (κ3) is 2.52. The molecule has 1 amide bonds. The average molecular weight is 228 g/mol. The van der Waals surface area contributed by atoms with Crippen molar-refractivity contribution in [3.8, 4) is 0 Å². The normalized spacial score (nSPS) is 24.9. The Morgan fingerprint density at radius 2 is 2.19 bits per heavy atom. The van der Waals surface area contributed by atoms with Gasteiger partial charge in [-0.15, -0.1) is 0 Å². The number of carboxylic acid groups (broad SMARTS) is 1. The number of carbonyl (C=O) groups is 2. The Kier molecular flexibility index (Phi) is 3.57. The Bertz CT molecular complexity index is 300. The first-order chi connectivity index (χ1) is 7.25. The van der Waals surface area contributed by atoms with E-state index in [-0.39, 0.29) is 23.9 Å². The lowest BCUT2D eigenvalue weighted by Crippen LogP contribution is -2.67. The molecule has 16 heavy (non-hydrogen) atoms. The van der Waals surface area contributed by atoms with E-state index in [1.807, 2.05) is 27.7 Å². The molecule has 0 aliphatic carbocycles. The number of nitrogens with one attached hydrogen (secondary N) is 1. The fourth-order valence-electron chi connectivity index (χ4n) is 2.30. The Morgan fingerprint density at radius 3 is 2.62 bits per heavy atom. The van der Waals surface area contributed by atoms with Gasteiger partial charge in [0, 0.05) is 12.6 Å². The second kappa shape index (κ2) is 4.41. The molecular weight excluding hydrogens is 208 g/mol. The van der Waals surface area contributed by atoms with E-state index in [4.69, 9.17) is 5.11 Å². The molecule has 0 aromatic carbocycles. The zero-order valence-corrected chi connectivity index (χ0v) is 10.3. The molecule has 0 aromatic rings. The molecule has 1 heterocycles. The standard InChI is InChI=1S/C11H20N2O3/c1-7(2)13-10(16)8(5-9(14)15)12-6-11(13,3)4/h7-8,12H,5-6H2,1-4H3,(H,14,15). The maximum atomic E-state index is 12.1. The van der Waals surface area contributed by atoms with Crippen LogP contribution in [0.25, 0.3) is 0 Å². The number of hydrogen-bond donors (Lipinski definition) is 2. The van der Waals surface area contributed by atoms with Gasteiger partial charge in [0.05, 0.1) is 18.0 Å². The summed E-state index contributed by atoms with van der Waals surface area (Å²) in [7, 11) is 0. The van der Waals surface area contributed by atoms with Gasteiger partial charge in [0.2, 0.25) is 5.91 Å². The summed E-state index contributed by atoms with van der Waals surface area (Å²) in [6, 6.07) is -0.506. The quantitative estimate of drug-likeness (QED) is 0.735. The van der Waals surface area contributed by atoms with Crippen molar-refractivity contribution < 1.29 is 14.7 Å². The molecule has 5 nitrogen and oxygen atoms in total. The fourth-order valence-corrected chi connectivity index (χ4v) is 2.30. The van der Waals surface area contributed by atoms with E-state index in [0.29, 0.717) is 6.54 Å². The third-order valence-electron chi connectivity index (χ3n) is 2.86. The summed E-state index contributed by atoms with van der Waals surface area (Å²) in [6.45, 7) is 8.48. The van der Waals surface area contributed by atoms with Crippen LogP contribution in [0.2, 0.25) is 0 Å². The Morgan fingerprint density at radius 1 is 1.62 bits per heavy atom. The summed E-state index contributed by atoms with van der Waals surface area (Å²) in [5.41, 5.74) is -0.264. The van der Waals surface area contributed by atoms with Crippen molar-refractivity contribution in [1.82, 2.24) is 10.2 Å². The van der Waals surface area contributed by atoms with E-state index in [9.17, 15) is 9.59 Å². The van der Waals surface area contributed by atoms with Crippen molar-refractivity contribution in [2.24, 2.45) is 0 Å². The maximum Gasteiger partial charge on any atom is 0.305 e. The summed E-state index contributed by atoms with van der Waals surface area (Å²) in [5, 5.41) is 11.7. The van der Waals surface area contributed by atoms with Crippen LogP contribution in [0.3, 0.4) is 0 Å². The van der Waals surface area contributed by atoms with Gasteiger partial charge in [0.25, 0.3) is 0 Å². The van der Waals surface area contributed by atoms with Gasteiger partial charge < -0.3 is 15.3 Å². The van der Waals surface area contributed by atoms with Crippen LogP contribution >= 0.6 is 0 Å². The molecule has 1 aliphatic heterocycles. The van der Waals surface area contributed by atoms with Gasteiger partial charge in [-0.25, -0.2) is 0 Å². The molecule has 0 saturated carbocycles. The van der Waals surface area contributed by atoms with Gasteiger partial charge >= 0.3 is 5.97 Å². The zero-order chi connectivity index (χ0) is 12.5. The van der Waals surface area contributed by atoms with Crippen LogP contribution in [0.1, 0.15) is 34.1 Å². The Hall–Kier alpha value is -1.10. The lowest BCUT2D eigenvalue weighted by atomic mass is 9.94. The van der Waals surface area contributed by atoms with Gasteiger partial charge in [0.15, 0.2) is 0 Å². The molecule has 1 rings (SSSR count). The van der Waals surface area contributed by atoms with E-state index in [1.54, 1.807) is 4.90 Å². The summed E-state index contributed by atoms with van der Waals surface area (Å²) < 4.78 is 0. The number of amides is 1. The molecule has 0 bridgehead atoms. The molecule has 92 valence electrons. The molecule has 2 N–H and O–H groups in total. The highest BCUT2D eigenvalue weighted by Crippen LogP contribution is 2.23. The molecule has 0 radical (unpaired) electrons. The highest BCUT2D eigenvalue weighted by Gasteiger charge is 2.41. The summed E-state index contributed by atoms with van der Waals surface area (Å²) in [6.07, 6.45) is -0.155. The van der Waals surface area contributed by atoms with Gasteiger partial charge in [0.1, 0.15) is 0 Å². The predicted molar refractivity (Wildman–Crippen MR) is 60.1 cm³/mol. The van der Waals surface area contributed by atoms with Crippen molar-refractivity contribution in [3.05, 3.63) is 0 Å². The minimum atomic E-state index is -0.950. The number of nitrogens with zero attached hydrogens (tertiary/aromatic N) is 1. The van der Waals surface area contributed by atoms with Crippen molar-refractivity contribution in [1.29, 1.82) is 0 Å². The van der Waals surface area contributed by atoms with Crippen LogP contribution in [-0.2, 0) is 9.59 Å². The summed E-state index contributed by atoms with van der Waals surface area (Å²) in [5.74, 6) is -1.07. The van der Waals surface area contributed by atoms with Crippen molar-refractivity contribution in [2.45, 2.75) is 51.7 Å². The van der Waals surface area contributed by atoms with E-state index < -0.39 is 12.0 Å². The SMILES string of the molecule is CC(C)N1C(=O)C(CC(=O)O)NCC1(C)C. The average Bonchev–Trinajstić information content (AvgIpc) is 2.08. The first-order valence-electron chi connectivity index (χ1n) is 5.54. The number of carboxylic acids is 1. The van der Waals surface area contributed by atoms with Crippen molar-refractivity contribution in [2.75, 3.05) is 6.54 Å². The minimum absolute atomic E-state index is 0.0842. The number of hydrogen-bond acceptors (Lipinski definition) is 3. The fraction of sp³-hybridized carbons (Fsp3) is 0.818. The summed E-state index contributed by atoms with van der Waals surface area (Å²) >= 11 is 0. The smallest absolute Gasteiger partial charge is 0.305 e. The van der Waals surface area contributed by atoms with Gasteiger partial charge in [-0.1, -0.05) is 0 Å². The van der Waals surface area contributed by atoms with Crippen LogP contribution in [0, 0.1) is 0 Å². The molecule has 1 aliphatic rings. The predicted octanol–water partition coefficient (Wildman–Crippen LogP) is 0.449. The van der Waals surface area contributed by atoms with Gasteiger partial charge in [-0.05, 0) is 27.7 Å². The first-order valence-corrected chi connectivity index (χ1v) is 5.54. The topological polar surface area (TPSA) is 69.6 Å². The van der Waals surface area contributed by atoms with Gasteiger partial charge in [-0.2, -0.15) is 0 Å². The van der Waals surface area contributed by atoms with Crippen molar-refractivity contribution in [3.63, 3.8) is 0 Å². The largest absolute Gasteiger partial charge is 0.481 e. The van der Waals surface area contributed by atoms with Gasteiger partial charge in [-0.3, -0.25) is 9.59 Å². The summed E-state index contributed by atoms with van der Waals surface area (Å²) in [4.78, 5) is 24.5. The molecule has 0 spiro atoms. The Balaban J connectivity index is 2.85. The van der Waals surface area contributed by atoms with Crippen LogP contribution in [0.4, 0.5) is 0 Å². The van der Waals surface area contributed by atoms with Crippen molar-refractivity contribution >= 4 is 11.9 Å². The highest BCUT2D eigenvalue weighted by atomic mass is 16.4. The number of piperazine rings is 1. The third-order valence-corrected chi connectivity index (χ3v) is 2.86. The number of aliphatic carboxylic acids is 1. The molecule has 5 heteroatoms. The van der Waals surface area contributed by atoms with E-state index in [1.165, 1.54) is 0 Å². The van der Waals surface area contributed by atoms with E-state index >= 15 is 0 Å². The van der Waals surface area contributed by atoms with Crippen LogP contribution < -0.4 is 5.32 Å². The van der Waals surface area contributed by atoms with Crippen LogP contribution in [-0.4, -0.2) is 46.1 Å². The first kappa shape index (κ1) is 13.0. The molecule has 0 aromatic heterocycles. The van der Waals surface area contributed by atoms with E-state index in [2.05, 4.69) is 5.32 Å². The lowest BCUT2D eigenvalue weighted by Gasteiger charge is -2.47. The monoisotopic (exact) mass is 228 g/mol. The lowest BCUT2D eigenvalue weighted by molar-refractivity contribution is -0.150. The minimum Gasteiger partial charge on any atom is -0.481 e. The molecule has 1 atom stereocenters. The number of carbonyl (C=O) groups excluding carboxylic acids is 1. The Labute approximate surface area is 95.8 Å². The highest BCUT2D eigenvalue weighted by molar-refractivity contribution is 5.87. The zero-order valence-electron chi connectivity index (χ0n) is 10.3. The van der Waals surface area contributed by atoms with Crippen LogP contribution in [0.5, 0.6) is 0 Å². The number of rotatable bonds is 3. The maximum absolute atomic E-state index is 12.1. The molecule has 1 fully saturated rings. The molecule has 1 saturated heterocycles. The molecular formula is C11H20N2O3. The molecule has 1 unspecified atom stereocenters.